The maximum atomic E-state index is 6.81. The molecule has 0 saturated heterocycles. The van der Waals surface area contributed by atoms with Crippen molar-refractivity contribution >= 4 is 77.6 Å². The largest absolute Gasteiger partial charge is 0.455 e. The second-order valence-electron chi connectivity index (χ2n) is 14.3. The van der Waals surface area contributed by atoms with Gasteiger partial charge in [0.05, 0.1) is 34.5 Å². The van der Waals surface area contributed by atoms with Gasteiger partial charge in [-0.05, 0) is 69.9 Å². The SMILES string of the molecule is c1ccc(C2=Nc3ccccc3NC2c2ccc(-c3ccc(N(c4cccc5ccccc45)c4cccc5ccccc45)cc3)c3oc4ccccc4c23)cc1. The molecule has 56 heavy (non-hydrogen) atoms. The van der Waals surface area contributed by atoms with Gasteiger partial charge in [-0.25, -0.2) is 4.99 Å². The van der Waals surface area contributed by atoms with Crippen LogP contribution in [0.15, 0.2) is 210 Å². The summed E-state index contributed by atoms with van der Waals surface area (Å²) in [6.07, 6.45) is 0. The Balaban J connectivity index is 1.08. The van der Waals surface area contributed by atoms with Crippen LogP contribution in [0.4, 0.5) is 28.4 Å². The molecular weight excluding hydrogens is 683 g/mol. The zero-order valence-electron chi connectivity index (χ0n) is 30.4. The van der Waals surface area contributed by atoms with Gasteiger partial charge in [-0.2, -0.15) is 0 Å². The van der Waals surface area contributed by atoms with Crippen LogP contribution in [-0.2, 0) is 0 Å². The van der Waals surface area contributed by atoms with E-state index in [4.69, 9.17) is 9.41 Å². The lowest BCUT2D eigenvalue weighted by Crippen LogP contribution is -2.25. The van der Waals surface area contributed by atoms with Crippen molar-refractivity contribution in [1.29, 1.82) is 0 Å². The number of benzene rings is 9. The Hall–Kier alpha value is -7.43. The molecule has 0 saturated carbocycles. The summed E-state index contributed by atoms with van der Waals surface area (Å²) in [7, 11) is 0. The zero-order valence-corrected chi connectivity index (χ0v) is 30.4. The Morgan fingerprint density at radius 1 is 0.482 bits per heavy atom. The number of aliphatic imine (C=N–C) groups is 1. The standard InChI is InChI=1S/C52H35N3O/c1-2-16-37(17-3-1)50-51(54-45-24-10-9-23-44(45)53-50)43-33-32-41(52-49(43)42-22-8-11-27-48(42)56-52)36-28-30-38(31-29-36)55(46-25-12-18-34-14-4-6-20-39(34)46)47-26-13-19-35-15-5-7-21-40(35)47/h1-33,51,54H. The number of hydrogen-bond donors (Lipinski definition) is 1. The second kappa shape index (κ2) is 13.2. The summed E-state index contributed by atoms with van der Waals surface area (Å²) in [5, 5.41) is 10.8. The predicted molar refractivity (Wildman–Crippen MR) is 234 cm³/mol. The maximum absolute atomic E-state index is 6.81. The quantitative estimate of drug-likeness (QED) is 0.186. The van der Waals surface area contributed by atoms with Crippen LogP contribution < -0.4 is 10.2 Å². The first-order chi connectivity index (χ1) is 27.8. The summed E-state index contributed by atoms with van der Waals surface area (Å²) in [5.74, 6) is 0. The number of para-hydroxylation sites is 3. The average Bonchev–Trinajstić information content (AvgIpc) is 3.66. The number of nitrogens with one attached hydrogen (secondary N) is 1. The second-order valence-corrected chi connectivity index (χ2v) is 14.3. The van der Waals surface area contributed by atoms with E-state index >= 15 is 0 Å². The molecule has 9 aromatic carbocycles. The smallest absolute Gasteiger partial charge is 0.143 e. The van der Waals surface area contributed by atoms with E-state index in [1.54, 1.807) is 0 Å². The van der Waals surface area contributed by atoms with Crippen molar-refractivity contribution in [2.24, 2.45) is 4.99 Å². The highest BCUT2D eigenvalue weighted by Crippen LogP contribution is 2.46. The summed E-state index contributed by atoms with van der Waals surface area (Å²) in [5.41, 5.74) is 12.3. The Morgan fingerprint density at radius 3 is 1.82 bits per heavy atom. The molecule has 1 aliphatic rings. The van der Waals surface area contributed by atoms with Crippen molar-refractivity contribution in [3.05, 3.63) is 211 Å². The molecule has 0 fully saturated rings. The van der Waals surface area contributed by atoms with Gasteiger partial charge in [0, 0.05) is 32.8 Å². The molecule has 1 N–H and O–H groups in total. The number of furan rings is 1. The van der Waals surface area contributed by atoms with Gasteiger partial charge < -0.3 is 14.6 Å². The van der Waals surface area contributed by atoms with Gasteiger partial charge in [0.1, 0.15) is 11.2 Å². The number of nitrogens with zero attached hydrogens (tertiary/aromatic N) is 2. The minimum Gasteiger partial charge on any atom is -0.455 e. The molecule has 4 heteroatoms. The monoisotopic (exact) mass is 717 g/mol. The summed E-state index contributed by atoms with van der Waals surface area (Å²) in [6, 6.07) is 70.7. The molecule has 1 unspecified atom stereocenters. The Morgan fingerprint density at radius 2 is 1.09 bits per heavy atom. The molecule has 10 aromatic rings. The summed E-state index contributed by atoms with van der Waals surface area (Å²) < 4.78 is 6.81. The van der Waals surface area contributed by atoms with Gasteiger partial charge in [-0.1, -0.05) is 158 Å². The molecule has 0 aliphatic carbocycles. The molecule has 4 nitrogen and oxygen atoms in total. The Bertz CT molecular complexity index is 3040. The number of fused-ring (bicyclic) bond motifs is 6. The summed E-state index contributed by atoms with van der Waals surface area (Å²) >= 11 is 0. The third-order valence-corrected chi connectivity index (χ3v) is 11.1. The van der Waals surface area contributed by atoms with E-state index < -0.39 is 0 Å². The summed E-state index contributed by atoms with van der Waals surface area (Å²) in [6.45, 7) is 0. The van der Waals surface area contributed by atoms with Crippen LogP contribution in [0, 0.1) is 0 Å². The first kappa shape index (κ1) is 32.0. The molecule has 2 heterocycles. The van der Waals surface area contributed by atoms with E-state index in [1.165, 1.54) is 21.5 Å². The van der Waals surface area contributed by atoms with E-state index in [9.17, 15) is 0 Å². The van der Waals surface area contributed by atoms with E-state index in [2.05, 4.69) is 198 Å². The van der Waals surface area contributed by atoms with E-state index in [-0.39, 0.29) is 6.04 Å². The fourth-order valence-corrected chi connectivity index (χ4v) is 8.50. The van der Waals surface area contributed by atoms with E-state index in [0.717, 1.165) is 78.3 Å². The highest BCUT2D eigenvalue weighted by atomic mass is 16.3. The third kappa shape index (κ3) is 5.26. The van der Waals surface area contributed by atoms with Crippen LogP contribution in [0.3, 0.4) is 0 Å². The van der Waals surface area contributed by atoms with Crippen molar-refractivity contribution in [3.8, 4) is 11.1 Å². The molecule has 11 rings (SSSR count). The number of hydrogen-bond acceptors (Lipinski definition) is 4. The van der Waals surface area contributed by atoms with Gasteiger partial charge >= 0.3 is 0 Å². The van der Waals surface area contributed by atoms with Crippen LogP contribution >= 0.6 is 0 Å². The molecular formula is C52H35N3O. The number of anilines is 4. The third-order valence-electron chi connectivity index (χ3n) is 11.1. The van der Waals surface area contributed by atoms with Gasteiger partial charge in [0.25, 0.3) is 0 Å². The van der Waals surface area contributed by atoms with Crippen LogP contribution in [-0.4, -0.2) is 5.71 Å². The first-order valence-electron chi connectivity index (χ1n) is 19.1. The van der Waals surface area contributed by atoms with Crippen LogP contribution in [0.1, 0.15) is 17.2 Å². The average molecular weight is 718 g/mol. The van der Waals surface area contributed by atoms with Crippen molar-refractivity contribution in [2.45, 2.75) is 6.04 Å². The molecule has 0 spiro atoms. The van der Waals surface area contributed by atoms with E-state index in [1.807, 2.05) is 12.1 Å². The van der Waals surface area contributed by atoms with Crippen molar-refractivity contribution in [2.75, 3.05) is 10.2 Å². The zero-order chi connectivity index (χ0) is 37.0. The minimum absolute atomic E-state index is 0.192. The maximum Gasteiger partial charge on any atom is 0.143 e. The minimum atomic E-state index is -0.192. The Labute approximate surface area is 324 Å². The fraction of sp³-hybridized carbons (Fsp3) is 0.0192. The van der Waals surface area contributed by atoms with Crippen molar-refractivity contribution in [3.63, 3.8) is 0 Å². The van der Waals surface area contributed by atoms with Gasteiger partial charge in [0.2, 0.25) is 0 Å². The van der Waals surface area contributed by atoms with Crippen LogP contribution in [0.2, 0.25) is 0 Å². The highest BCUT2D eigenvalue weighted by molar-refractivity contribution is 6.17. The van der Waals surface area contributed by atoms with Gasteiger partial charge in [0.15, 0.2) is 0 Å². The topological polar surface area (TPSA) is 40.8 Å². The number of rotatable bonds is 6. The fourth-order valence-electron chi connectivity index (χ4n) is 8.50. The van der Waals surface area contributed by atoms with Crippen LogP contribution in [0.5, 0.6) is 0 Å². The molecule has 1 atom stereocenters. The Kier molecular flexibility index (Phi) is 7.52. The molecule has 0 radical (unpaired) electrons. The molecule has 1 aliphatic heterocycles. The molecule has 1 aromatic heterocycles. The molecule has 0 bridgehead atoms. The lowest BCUT2D eigenvalue weighted by molar-refractivity contribution is 0.669. The van der Waals surface area contributed by atoms with E-state index in [0.29, 0.717) is 0 Å². The lowest BCUT2D eigenvalue weighted by atomic mass is 9.89. The molecule has 0 amide bonds. The first-order valence-corrected chi connectivity index (χ1v) is 19.1. The normalized spacial score (nSPS) is 13.8. The van der Waals surface area contributed by atoms with Crippen LogP contribution in [0.25, 0.3) is 54.6 Å². The van der Waals surface area contributed by atoms with Crippen molar-refractivity contribution in [1.82, 2.24) is 0 Å². The lowest BCUT2D eigenvalue weighted by Gasteiger charge is -2.29. The summed E-state index contributed by atoms with van der Waals surface area (Å²) in [4.78, 5) is 7.65. The van der Waals surface area contributed by atoms with Gasteiger partial charge in [-0.15, -0.1) is 0 Å². The predicted octanol–water partition coefficient (Wildman–Crippen LogP) is 14.3. The highest BCUT2D eigenvalue weighted by Gasteiger charge is 2.29. The van der Waals surface area contributed by atoms with Gasteiger partial charge in [-0.3, -0.25) is 0 Å². The van der Waals surface area contributed by atoms with Crippen molar-refractivity contribution < 1.29 is 4.42 Å². The molecule has 264 valence electrons.